The summed E-state index contributed by atoms with van der Waals surface area (Å²) in [4.78, 5) is 9.36. The number of rotatable bonds is 9. The van der Waals surface area contributed by atoms with Crippen LogP contribution < -0.4 is 5.11 Å². The van der Waals surface area contributed by atoms with Crippen LogP contribution in [0, 0.1) is 0 Å². The maximum Gasteiger partial charge on any atom is 0.0857 e. The first-order valence-corrected chi connectivity index (χ1v) is 9.02. The summed E-state index contributed by atoms with van der Waals surface area (Å²) in [5.74, 6) is -1.18. The lowest BCUT2D eigenvalue weighted by atomic mass is 10.7. The SMILES string of the molecule is CC[P+](C)(C)CCOCCOC.COCC(=O)[O-]. The van der Waals surface area contributed by atoms with E-state index in [-0.39, 0.29) is 6.61 Å². The molecule has 110 valence electrons. The van der Waals surface area contributed by atoms with Crippen molar-refractivity contribution < 1.29 is 24.1 Å². The topological polar surface area (TPSA) is 67.8 Å². The molecule has 0 aliphatic rings. The molecule has 0 aliphatic carbocycles. The third-order valence-electron chi connectivity index (χ3n) is 2.39. The number of aliphatic carboxylic acids is 1. The molecule has 0 aromatic rings. The monoisotopic (exact) mass is 282 g/mol. The van der Waals surface area contributed by atoms with Gasteiger partial charge in [-0.25, -0.2) is 0 Å². The molecule has 0 rings (SSSR count). The van der Waals surface area contributed by atoms with Crippen LogP contribution in [-0.2, 0) is 19.0 Å². The molecule has 0 aromatic heterocycles. The Morgan fingerprint density at radius 1 is 1.11 bits per heavy atom. The molecule has 0 radical (unpaired) electrons. The molecule has 0 atom stereocenters. The molecule has 0 bridgehead atoms. The van der Waals surface area contributed by atoms with E-state index in [0.717, 1.165) is 13.2 Å². The second-order valence-corrected chi connectivity index (χ2v) is 9.34. The Bertz CT molecular complexity index is 197. The van der Waals surface area contributed by atoms with Gasteiger partial charge >= 0.3 is 0 Å². The normalized spacial score (nSPS) is 10.7. The Balaban J connectivity index is 0. The second kappa shape index (κ2) is 13.2. The summed E-state index contributed by atoms with van der Waals surface area (Å²) in [6.07, 6.45) is 2.56. The van der Waals surface area contributed by atoms with E-state index in [4.69, 9.17) is 9.47 Å². The largest absolute Gasteiger partial charge is 0.548 e. The highest BCUT2D eigenvalue weighted by atomic mass is 31.2. The van der Waals surface area contributed by atoms with Crippen LogP contribution in [0.2, 0.25) is 0 Å². The number of hydrogen-bond acceptors (Lipinski definition) is 5. The Morgan fingerprint density at radius 3 is 2.06 bits per heavy atom. The van der Waals surface area contributed by atoms with Gasteiger partial charge < -0.3 is 24.1 Å². The molecule has 0 fully saturated rings. The lowest BCUT2D eigenvalue weighted by Gasteiger charge is -2.15. The quantitative estimate of drug-likeness (QED) is 0.450. The predicted molar refractivity (Wildman–Crippen MR) is 73.8 cm³/mol. The number of hydrogen-bond donors (Lipinski definition) is 0. The molecule has 0 heterocycles. The van der Waals surface area contributed by atoms with E-state index in [1.807, 2.05) is 0 Å². The first kappa shape index (κ1) is 20.1. The predicted octanol–water partition coefficient (Wildman–Crippen LogP) is 0.329. The van der Waals surface area contributed by atoms with Gasteiger partial charge in [0.25, 0.3) is 0 Å². The van der Waals surface area contributed by atoms with Crippen molar-refractivity contribution in [1.29, 1.82) is 0 Å². The van der Waals surface area contributed by atoms with Crippen molar-refractivity contribution in [2.24, 2.45) is 0 Å². The molecule has 0 amide bonds. The summed E-state index contributed by atoms with van der Waals surface area (Å²) in [5.41, 5.74) is 0. The molecule has 18 heavy (non-hydrogen) atoms. The Hall–Kier alpha value is -0.220. The summed E-state index contributed by atoms with van der Waals surface area (Å²) in [6, 6.07) is 0. The molecule has 0 saturated carbocycles. The smallest absolute Gasteiger partial charge is 0.0857 e. The molecule has 5 nitrogen and oxygen atoms in total. The van der Waals surface area contributed by atoms with E-state index < -0.39 is 13.2 Å². The average Bonchev–Trinajstić information content (AvgIpc) is 2.29. The fraction of sp³-hybridized carbons (Fsp3) is 0.917. The van der Waals surface area contributed by atoms with Crippen LogP contribution in [0.1, 0.15) is 6.92 Å². The third-order valence-corrected chi connectivity index (χ3v) is 5.50. The third kappa shape index (κ3) is 18.2. The molecular formula is C12H27O5P. The van der Waals surface area contributed by atoms with Gasteiger partial charge in [0.1, 0.15) is 0 Å². The zero-order valence-electron chi connectivity index (χ0n) is 12.2. The standard InChI is InChI=1S/C9H22O2P.C3H6O3/c1-5-12(3,4)9-8-11-7-6-10-2;1-6-2-3(4)5/h5-9H2,1-4H3;2H2,1H3,(H,4,5)/q+1;/p-1. The fourth-order valence-corrected chi connectivity index (χ4v) is 1.77. The van der Waals surface area contributed by atoms with Crippen molar-refractivity contribution >= 4 is 13.2 Å². The van der Waals surface area contributed by atoms with Gasteiger partial charge in [-0.3, -0.25) is 0 Å². The zero-order chi connectivity index (χ0) is 14.4. The van der Waals surface area contributed by atoms with Crippen LogP contribution in [0.4, 0.5) is 0 Å². The first-order chi connectivity index (χ1) is 8.39. The molecular weight excluding hydrogens is 255 g/mol. The van der Waals surface area contributed by atoms with Gasteiger partial charge in [-0.2, -0.15) is 0 Å². The van der Waals surface area contributed by atoms with Crippen molar-refractivity contribution in [3.63, 3.8) is 0 Å². The molecule has 0 saturated heterocycles. The van der Waals surface area contributed by atoms with Crippen molar-refractivity contribution in [3.05, 3.63) is 0 Å². The highest BCUT2D eigenvalue weighted by Gasteiger charge is 2.20. The van der Waals surface area contributed by atoms with E-state index in [0.29, 0.717) is 6.61 Å². The lowest BCUT2D eigenvalue weighted by molar-refractivity contribution is -0.309. The lowest BCUT2D eigenvalue weighted by Crippen LogP contribution is -2.26. The van der Waals surface area contributed by atoms with Gasteiger partial charge in [0.15, 0.2) is 0 Å². The van der Waals surface area contributed by atoms with Gasteiger partial charge in [0.2, 0.25) is 0 Å². The molecule has 0 unspecified atom stereocenters. The molecule has 0 spiro atoms. The van der Waals surface area contributed by atoms with E-state index in [1.165, 1.54) is 19.4 Å². The van der Waals surface area contributed by atoms with Crippen LogP contribution in [0.3, 0.4) is 0 Å². The minimum atomic E-state index is -1.18. The Labute approximate surface area is 111 Å². The fourth-order valence-electron chi connectivity index (χ4n) is 0.832. The molecule has 6 heteroatoms. The van der Waals surface area contributed by atoms with Crippen LogP contribution in [0.25, 0.3) is 0 Å². The number of carboxylic acids is 1. The number of ether oxygens (including phenoxy) is 3. The van der Waals surface area contributed by atoms with E-state index in [1.54, 1.807) is 7.11 Å². The number of carboxylic acid groups (broad SMARTS) is 1. The van der Waals surface area contributed by atoms with Crippen LogP contribution >= 0.6 is 7.26 Å². The molecule has 0 aliphatic heterocycles. The van der Waals surface area contributed by atoms with Gasteiger partial charge in [-0.1, -0.05) is 0 Å². The van der Waals surface area contributed by atoms with Crippen molar-refractivity contribution in [3.8, 4) is 0 Å². The van der Waals surface area contributed by atoms with Crippen molar-refractivity contribution in [2.75, 3.05) is 66.3 Å². The van der Waals surface area contributed by atoms with E-state index in [9.17, 15) is 9.90 Å². The van der Waals surface area contributed by atoms with Crippen molar-refractivity contribution in [2.45, 2.75) is 6.92 Å². The molecule has 0 aromatic carbocycles. The minimum absolute atomic E-state index is 0.319. The number of carbonyl (C=O) groups excluding carboxylic acids is 1. The van der Waals surface area contributed by atoms with Gasteiger partial charge in [-0.05, 0) is 6.92 Å². The Kier molecular flexibility index (Phi) is 14.8. The zero-order valence-corrected chi connectivity index (χ0v) is 13.1. The first-order valence-electron chi connectivity index (χ1n) is 5.97. The highest BCUT2D eigenvalue weighted by Crippen LogP contribution is 2.49. The summed E-state index contributed by atoms with van der Waals surface area (Å²) < 4.78 is 14.4. The van der Waals surface area contributed by atoms with E-state index >= 15 is 0 Å². The summed E-state index contributed by atoms with van der Waals surface area (Å²) in [7, 11) is 2.36. The van der Waals surface area contributed by atoms with Crippen LogP contribution in [0.5, 0.6) is 0 Å². The minimum Gasteiger partial charge on any atom is -0.548 e. The van der Waals surface area contributed by atoms with E-state index in [2.05, 4.69) is 25.0 Å². The number of carbonyl (C=O) groups is 1. The van der Waals surface area contributed by atoms with Crippen molar-refractivity contribution in [1.82, 2.24) is 0 Å². The molecule has 0 N–H and O–H groups in total. The van der Waals surface area contributed by atoms with Gasteiger partial charge in [0, 0.05) is 34.8 Å². The summed E-state index contributed by atoms with van der Waals surface area (Å²) >= 11 is 0. The average molecular weight is 282 g/mol. The summed E-state index contributed by atoms with van der Waals surface area (Å²) in [5, 5.41) is 9.36. The van der Waals surface area contributed by atoms with Crippen LogP contribution in [0.15, 0.2) is 0 Å². The maximum absolute atomic E-state index is 9.36. The van der Waals surface area contributed by atoms with Gasteiger partial charge in [-0.15, -0.1) is 0 Å². The summed E-state index contributed by atoms with van der Waals surface area (Å²) in [6.45, 7) is 9.06. The number of methoxy groups -OCH3 is 2. The maximum atomic E-state index is 9.36. The highest BCUT2D eigenvalue weighted by molar-refractivity contribution is 7.74. The van der Waals surface area contributed by atoms with Crippen LogP contribution in [-0.4, -0.2) is 72.3 Å². The second-order valence-electron chi connectivity index (χ2n) is 4.39. The Morgan fingerprint density at radius 2 is 1.72 bits per heavy atom. The van der Waals surface area contributed by atoms with Gasteiger partial charge in [0.05, 0.1) is 44.7 Å².